The van der Waals surface area contributed by atoms with Crippen LogP contribution in [0.25, 0.3) is 0 Å². The van der Waals surface area contributed by atoms with E-state index in [4.69, 9.17) is 0 Å². The van der Waals surface area contributed by atoms with E-state index in [1.54, 1.807) is 6.33 Å². The van der Waals surface area contributed by atoms with Gasteiger partial charge in [0.15, 0.2) is 0 Å². The Morgan fingerprint density at radius 1 is 1.29 bits per heavy atom. The number of aromatic nitrogens is 3. The summed E-state index contributed by atoms with van der Waals surface area (Å²) in [5.74, 6) is 0.929. The van der Waals surface area contributed by atoms with Crippen molar-refractivity contribution in [2.24, 2.45) is 0 Å². The van der Waals surface area contributed by atoms with Gasteiger partial charge in [-0.25, -0.2) is 4.98 Å². The lowest BCUT2D eigenvalue weighted by molar-refractivity contribution is 0.669. The zero-order valence-corrected chi connectivity index (χ0v) is 10.3. The number of aryl methyl sites for hydroxylation is 2. The van der Waals surface area contributed by atoms with E-state index in [-0.39, 0.29) is 0 Å². The summed E-state index contributed by atoms with van der Waals surface area (Å²) >= 11 is 0. The van der Waals surface area contributed by atoms with Gasteiger partial charge >= 0.3 is 0 Å². The first-order valence-electron chi connectivity index (χ1n) is 5.87. The van der Waals surface area contributed by atoms with Gasteiger partial charge < -0.3 is 5.32 Å². The van der Waals surface area contributed by atoms with E-state index in [1.165, 1.54) is 16.7 Å². The van der Waals surface area contributed by atoms with Gasteiger partial charge in [-0.05, 0) is 25.0 Å². The van der Waals surface area contributed by atoms with E-state index in [0.29, 0.717) is 0 Å². The van der Waals surface area contributed by atoms with E-state index < -0.39 is 0 Å². The Hall–Kier alpha value is -1.68. The summed E-state index contributed by atoms with van der Waals surface area (Å²) < 4.78 is 0. The van der Waals surface area contributed by atoms with Crippen molar-refractivity contribution in [1.29, 1.82) is 0 Å². The molecule has 0 amide bonds. The molecule has 0 atom stereocenters. The number of H-pyrrole nitrogens is 1. The molecular formula is C13H18N4. The summed E-state index contributed by atoms with van der Waals surface area (Å²) in [5.41, 5.74) is 4.01. The summed E-state index contributed by atoms with van der Waals surface area (Å²) in [6, 6.07) is 6.55. The molecule has 4 heteroatoms. The van der Waals surface area contributed by atoms with Crippen LogP contribution in [0.5, 0.6) is 0 Å². The van der Waals surface area contributed by atoms with Gasteiger partial charge in [0, 0.05) is 19.5 Å². The van der Waals surface area contributed by atoms with Crippen LogP contribution in [0.1, 0.15) is 22.5 Å². The Bertz CT molecular complexity index is 462. The monoisotopic (exact) mass is 230 g/mol. The minimum Gasteiger partial charge on any atom is -0.312 e. The topological polar surface area (TPSA) is 53.6 Å². The molecule has 0 aliphatic carbocycles. The smallest absolute Gasteiger partial charge is 0.137 e. The fraction of sp³-hybridized carbons (Fsp3) is 0.385. The Balaban J connectivity index is 1.80. The highest BCUT2D eigenvalue weighted by Gasteiger charge is 1.99. The quantitative estimate of drug-likeness (QED) is 0.769. The molecule has 2 rings (SSSR count). The highest BCUT2D eigenvalue weighted by atomic mass is 15.2. The second-order valence-electron chi connectivity index (χ2n) is 4.29. The zero-order valence-electron chi connectivity index (χ0n) is 10.3. The molecular weight excluding hydrogens is 212 g/mol. The SMILES string of the molecule is Cc1ccc(C)c(CNCCc2ncn[nH]2)c1. The van der Waals surface area contributed by atoms with Crippen LogP contribution >= 0.6 is 0 Å². The Kier molecular flexibility index (Phi) is 3.88. The molecule has 1 aromatic heterocycles. The molecule has 17 heavy (non-hydrogen) atoms. The van der Waals surface area contributed by atoms with Crippen molar-refractivity contribution in [3.05, 3.63) is 47.0 Å². The van der Waals surface area contributed by atoms with Crippen LogP contribution < -0.4 is 5.32 Å². The standard InChI is InChI=1S/C13H18N4/c1-10-3-4-11(2)12(7-10)8-14-6-5-13-15-9-16-17-13/h3-4,7,9,14H,5-6,8H2,1-2H3,(H,15,16,17). The molecule has 1 heterocycles. The number of nitrogens with one attached hydrogen (secondary N) is 2. The third-order valence-electron chi connectivity index (χ3n) is 2.82. The van der Waals surface area contributed by atoms with Gasteiger partial charge in [-0.2, -0.15) is 5.10 Å². The zero-order chi connectivity index (χ0) is 12.1. The Morgan fingerprint density at radius 3 is 2.94 bits per heavy atom. The number of aromatic amines is 1. The van der Waals surface area contributed by atoms with Crippen molar-refractivity contribution in [3.8, 4) is 0 Å². The van der Waals surface area contributed by atoms with Crippen molar-refractivity contribution >= 4 is 0 Å². The van der Waals surface area contributed by atoms with Crippen molar-refractivity contribution in [1.82, 2.24) is 20.5 Å². The summed E-state index contributed by atoms with van der Waals surface area (Å²) in [5, 5.41) is 10.1. The van der Waals surface area contributed by atoms with E-state index in [0.717, 1.165) is 25.3 Å². The number of nitrogens with zero attached hydrogens (tertiary/aromatic N) is 2. The van der Waals surface area contributed by atoms with E-state index in [9.17, 15) is 0 Å². The van der Waals surface area contributed by atoms with Gasteiger partial charge in [0.25, 0.3) is 0 Å². The lowest BCUT2D eigenvalue weighted by Crippen LogP contribution is -2.17. The van der Waals surface area contributed by atoms with Crippen molar-refractivity contribution in [2.75, 3.05) is 6.54 Å². The molecule has 0 fully saturated rings. The second kappa shape index (κ2) is 5.59. The summed E-state index contributed by atoms with van der Waals surface area (Å²) in [7, 11) is 0. The van der Waals surface area contributed by atoms with Crippen LogP contribution in [0.2, 0.25) is 0 Å². The van der Waals surface area contributed by atoms with Gasteiger partial charge in [0.05, 0.1) is 0 Å². The highest BCUT2D eigenvalue weighted by Crippen LogP contribution is 2.09. The summed E-state index contributed by atoms with van der Waals surface area (Å²) in [6.07, 6.45) is 2.42. The van der Waals surface area contributed by atoms with Gasteiger partial charge in [0.1, 0.15) is 12.2 Å². The van der Waals surface area contributed by atoms with Crippen LogP contribution in [0.4, 0.5) is 0 Å². The van der Waals surface area contributed by atoms with E-state index in [1.807, 2.05) is 0 Å². The van der Waals surface area contributed by atoms with Gasteiger partial charge in [0.2, 0.25) is 0 Å². The molecule has 2 aromatic rings. The number of benzene rings is 1. The van der Waals surface area contributed by atoms with Crippen molar-refractivity contribution in [2.45, 2.75) is 26.8 Å². The fourth-order valence-electron chi connectivity index (χ4n) is 1.77. The van der Waals surface area contributed by atoms with Crippen LogP contribution in [0.3, 0.4) is 0 Å². The molecule has 2 N–H and O–H groups in total. The van der Waals surface area contributed by atoms with E-state index >= 15 is 0 Å². The molecule has 0 radical (unpaired) electrons. The lowest BCUT2D eigenvalue weighted by atomic mass is 10.1. The van der Waals surface area contributed by atoms with Gasteiger partial charge in [-0.1, -0.05) is 23.8 Å². The predicted molar refractivity (Wildman–Crippen MR) is 67.7 cm³/mol. The average molecular weight is 230 g/mol. The largest absolute Gasteiger partial charge is 0.312 e. The maximum Gasteiger partial charge on any atom is 0.137 e. The maximum absolute atomic E-state index is 4.09. The number of rotatable bonds is 5. The molecule has 0 saturated carbocycles. The van der Waals surface area contributed by atoms with Crippen LogP contribution in [-0.2, 0) is 13.0 Å². The lowest BCUT2D eigenvalue weighted by Gasteiger charge is -2.08. The third-order valence-corrected chi connectivity index (χ3v) is 2.82. The third kappa shape index (κ3) is 3.39. The van der Waals surface area contributed by atoms with Gasteiger partial charge in [-0.15, -0.1) is 0 Å². The van der Waals surface area contributed by atoms with Crippen LogP contribution in [0.15, 0.2) is 24.5 Å². The van der Waals surface area contributed by atoms with Crippen LogP contribution in [0, 0.1) is 13.8 Å². The number of hydrogen-bond acceptors (Lipinski definition) is 3. The average Bonchev–Trinajstić information content (AvgIpc) is 2.82. The van der Waals surface area contributed by atoms with Crippen LogP contribution in [-0.4, -0.2) is 21.7 Å². The van der Waals surface area contributed by atoms with Gasteiger partial charge in [-0.3, -0.25) is 5.10 Å². The fourth-order valence-corrected chi connectivity index (χ4v) is 1.77. The molecule has 1 aromatic carbocycles. The normalized spacial score (nSPS) is 10.7. The Labute approximate surface area is 101 Å². The van der Waals surface area contributed by atoms with Crippen molar-refractivity contribution < 1.29 is 0 Å². The first-order valence-corrected chi connectivity index (χ1v) is 5.87. The molecule has 0 spiro atoms. The summed E-state index contributed by atoms with van der Waals surface area (Å²) in [6.45, 7) is 6.08. The molecule has 0 saturated heterocycles. The molecule has 4 nitrogen and oxygen atoms in total. The highest BCUT2D eigenvalue weighted by molar-refractivity contribution is 5.30. The number of hydrogen-bond donors (Lipinski definition) is 2. The van der Waals surface area contributed by atoms with Crippen molar-refractivity contribution in [3.63, 3.8) is 0 Å². The first kappa shape index (κ1) is 11.8. The molecule has 0 unspecified atom stereocenters. The first-order chi connectivity index (χ1) is 8.25. The minimum atomic E-state index is 0.880. The molecule has 90 valence electrons. The molecule has 0 aliphatic heterocycles. The van der Waals surface area contributed by atoms with E-state index in [2.05, 4.69) is 52.5 Å². The minimum absolute atomic E-state index is 0.880. The second-order valence-corrected chi connectivity index (χ2v) is 4.29. The summed E-state index contributed by atoms with van der Waals surface area (Å²) in [4.78, 5) is 4.09. The molecule has 0 bridgehead atoms. The molecule has 0 aliphatic rings. The maximum atomic E-state index is 4.09. The predicted octanol–water partition coefficient (Wildman–Crippen LogP) is 1.75. The Morgan fingerprint density at radius 2 is 2.18 bits per heavy atom.